The van der Waals surface area contributed by atoms with Crippen molar-refractivity contribution in [2.75, 3.05) is 6.61 Å². The van der Waals surface area contributed by atoms with Crippen LogP contribution in [-0.4, -0.2) is 28.6 Å². The number of hydrazine groups is 1. The molecule has 2 aromatic rings. The van der Waals surface area contributed by atoms with Gasteiger partial charge in [0, 0.05) is 12.8 Å². The summed E-state index contributed by atoms with van der Waals surface area (Å²) < 4.78 is 4.61. The van der Waals surface area contributed by atoms with Crippen molar-refractivity contribution in [1.82, 2.24) is 20.8 Å². The van der Waals surface area contributed by atoms with Crippen molar-refractivity contribution in [3.05, 3.63) is 30.1 Å². The maximum Gasteiger partial charge on any atom is 0.426 e. The molecule has 0 saturated heterocycles. The van der Waals surface area contributed by atoms with Gasteiger partial charge < -0.3 is 9.72 Å². The van der Waals surface area contributed by atoms with E-state index in [1.54, 1.807) is 6.92 Å². The van der Waals surface area contributed by atoms with E-state index < -0.39 is 6.09 Å². The number of aromatic amines is 1. The van der Waals surface area contributed by atoms with Gasteiger partial charge in [-0.25, -0.2) is 15.2 Å². The fourth-order valence-corrected chi connectivity index (χ4v) is 1.71. The van der Waals surface area contributed by atoms with Gasteiger partial charge in [-0.15, -0.1) is 0 Å². The van der Waals surface area contributed by atoms with Gasteiger partial charge in [-0.3, -0.25) is 10.2 Å². The third-order valence-corrected chi connectivity index (χ3v) is 2.61. The topological polar surface area (TPSA) is 96.1 Å². The maximum atomic E-state index is 11.5. The molecule has 7 heteroatoms. The van der Waals surface area contributed by atoms with Crippen molar-refractivity contribution in [2.45, 2.75) is 19.8 Å². The SMILES string of the molecule is CCOC(=O)NNC(=O)CCc1nc2ccccc2[nH]1. The average Bonchev–Trinajstić information content (AvgIpc) is 2.86. The number of carbonyl (C=O) groups excluding carboxylic acids is 2. The Balaban J connectivity index is 1.79. The summed E-state index contributed by atoms with van der Waals surface area (Å²) >= 11 is 0. The molecular weight excluding hydrogens is 260 g/mol. The molecule has 0 spiro atoms. The van der Waals surface area contributed by atoms with Crippen LogP contribution in [0.5, 0.6) is 0 Å². The smallest absolute Gasteiger partial charge is 0.426 e. The Bertz CT molecular complexity index is 575. The Morgan fingerprint density at radius 2 is 2.10 bits per heavy atom. The van der Waals surface area contributed by atoms with Crippen molar-refractivity contribution in [3.63, 3.8) is 0 Å². The van der Waals surface area contributed by atoms with E-state index in [1.165, 1.54) is 0 Å². The number of H-pyrrole nitrogens is 1. The summed E-state index contributed by atoms with van der Waals surface area (Å²) in [4.78, 5) is 30.0. The number of fused-ring (bicyclic) bond motifs is 1. The first kappa shape index (κ1) is 13.9. The monoisotopic (exact) mass is 276 g/mol. The highest BCUT2D eigenvalue weighted by atomic mass is 16.5. The van der Waals surface area contributed by atoms with E-state index in [2.05, 4.69) is 25.6 Å². The predicted molar refractivity (Wildman–Crippen MR) is 72.7 cm³/mol. The summed E-state index contributed by atoms with van der Waals surface area (Å²) in [6.45, 7) is 1.93. The van der Waals surface area contributed by atoms with Crippen LogP contribution in [0.15, 0.2) is 24.3 Å². The zero-order valence-corrected chi connectivity index (χ0v) is 11.1. The molecule has 20 heavy (non-hydrogen) atoms. The van der Waals surface area contributed by atoms with E-state index in [0.29, 0.717) is 6.42 Å². The van der Waals surface area contributed by atoms with Gasteiger partial charge in [0.05, 0.1) is 17.6 Å². The van der Waals surface area contributed by atoms with E-state index in [1.807, 2.05) is 24.3 Å². The molecule has 106 valence electrons. The standard InChI is InChI=1S/C13H16N4O3/c1-2-20-13(19)17-16-12(18)8-7-11-14-9-5-3-4-6-10(9)15-11/h3-6H,2,7-8H2,1H3,(H,14,15)(H,16,18)(H,17,19). The number of rotatable bonds is 4. The van der Waals surface area contributed by atoms with Crippen molar-refractivity contribution in [1.29, 1.82) is 0 Å². The highest BCUT2D eigenvalue weighted by molar-refractivity contribution is 5.79. The van der Waals surface area contributed by atoms with Gasteiger partial charge in [-0.1, -0.05) is 12.1 Å². The van der Waals surface area contributed by atoms with Crippen LogP contribution in [0.3, 0.4) is 0 Å². The summed E-state index contributed by atoms with van der Waals surface area (Å²) in [7, 11) is 0. The number of hydrogen-bond donors (Lipinski definition) is 3. The van der Waals surface area contributed by atoms with Gasteiger partial charge in [-0.2, -0.15) is 0 Å². The second-order valence-electron chi connectivity index (χ2n) is 4.09. The molecule has 1 aromatic heterocycles. The number of amides is 2. The first-order valence-electron chi connectivity index (χ1n) is 6.34. The fraction of sp³-hybridized carbons (Fsp3) is 0.308. The van der Waals surface area contributed by atoms with Crippen LogP contribution in [0, 0.1) is 0 Å². The normalized spacial score (nSPS) is 10.2. The van der Waals surface area contributed by atoms with E-state index >= 15 is 0 Å². The molecule has 0 radical (unpaired) electrons. The molecule has 0 aliphatic carbocycles. The highest BCUT2D eigenvalue weighted by Crippen LogP contribution is 2.11. The van der Waals surface area contributed by atoms with Crippen LogP contribution in [0.4, 0.5) is 4.79 Å². The number of ether oxygens (including phenoxy) is 1. The lowest BCUT2D eigenvalue weighted by Gasteiger charge is -2.06. The molecule has 2 rings (SSSR count). The van der Waals surface area contributed by atoms with Gasteiger partial charge >= 0.3 is 6.09 Å². The molecule has 0 fully saturated rings. The number of carbonyl (C=O) groups is 2. The van der Waals surface area contributed by atoms with Crippen molar-refractivity contribution in [3.8, 4) is 0 Å². The third-order valence-electron chi connectivity index (χ3n) is 2.61. The Hall–Kier alpha value is -2.57. The largest absolute Gasteiger partial charge is 0.449 e. The van der Waals surface area contributed by atoms with Crippen LogP contribution in [0.25, 0.3) is 11.0 Å². The lowest BCUT2D eigenvalue weighted by molar-refractivity contribution is -0.121. The summed E-state index contributed by atoms with van der Waals surface area (Å²) in [6.07, 6.45) is 0.00151. The Kier molecular flexibility index (Phi) is 4.54. The van der Waals surface area contributed by atoms with E-state index in [4.69, 9.17) is 0 Å². The minimum absolute atomic E-state index is 0.215. The number of aryl methyl sites for hydroxylation is 1. The molecule has 0 aliphatic rings. The van der Waals surface area contributed by atoms with Crippen LogP contribution in [0.2, 0.25) is 0 Å². The van der Waals surface area contributed by atoms with Crippen LogP contribution < -0.4 is 10.9 Å². The number of nitrogens with one attached hydrogen (secondary N) is 3. The molecule has 7 nitrogen and oxygen atoms in total. The number of nitrogens with zero attached hydrogens (tertiary/aromatic N) is 1. The van der Waals surface area contributed by atoms with Crippen molar-refractivity contribution in [2.24, 2.45) is 0 Å². The summed E-state index contributed by atoms with van der Waals surface area (Å²) in [5, 5.41) is 0. The highest BCUT2D eigenvalue weighted by Gasteiger charge is 2.07. The first-order chi connectivity index (χ1) is 9.69. The number of benzene rings is 1. The number of aromatic nitrogens is 2. The van der Waals surface area contributed by atoms with Crippen molar-refractivity contribution >= 4 is 23.0 Å². The van der Waals surface area contributed by atoms with Gasteiger partial charge in [-0.05, 0) is 19.1 Å². The third kappa shape index (κ3) is 3.71. The molecular formula is C13H16N4O3. The quantitative estimate of drug-likeness (QED) is 0.733. The van der Waals surface area contributed by atoms with Gasteiger partial charge in [0.15, 0.2) is 0 Å². The summed E-state index contributed by atoms with van der Waals surface area (Å²) in [5.41, 5.74) is 6.23. The maximum absolute atomic E-state index is 11.5. The predicted octanol–water partition coefficient (Wildman–Crippen LogP) is 1.27. The average molecular weight is 276 g/mol. The summed E-state index contributed by atoms with van der Waals surface area (Å²) in [6, 6.07) is 7.65. The first-order valence-corrected chi connectivity index (χ1v) is 6.34. The molecule has 2 amide bonds. The molecule has 3 N–H and O–H groups in total. The Morgan fingerprint density at radius 1 is 1.30 bits per heavy atom. The van der Waals surface area contributed by atoms with Crippen LogP contribution in [0.1, 0.15) is 19.2 Å². The Morgan fingerprint density at radius 3 is 2.85 bits per heavy atom. The Labute approximate surface area is 115 Å². The molecule has 0 unspecified atom stereocenters. The van der Waals surface area contributed by atoms with E-state index in [9.17, 15) is 9.59 Å². The zero-order chi connectivity index (χ0) is 14.4. The molecule has 0 aliphatic heterocycles. The van der Waals surface area contributed by atoms with Crippen molar-refractivity contribution < 1.29 is 14.3 Å². The zero-order valence-electron chi connectivity index (χ0n) is 11.1. The molecule has 1 aromatic carbocycles. The molecule has 0 bridgehead atoms. The minimum Gasteiger partial charge on any atom is -0.449 e. The van der Waals surface area contributed by atoms with E-state index in [-0.39, 0.29) is 18.9 Å². The fourth-order valence-electron chi connectivity index (χ4n) is 1.71. The minimum atomic E-state index is -0.676. The molecule has 0 saturated carbocycles. The van der Waals surface area contributed by atoms with Crippen LogP contribution >= 0.6 is 0 Å². The van der Waals surface area contributed by atoms with Gasteiger partial charge in [0.1, 0.15) is 5.82 Å². The number of para-hydroxylation sites is 2. The lowest BCUT2D eigenvalue weighted by Crippen LogP contribution is -2.42. The number of hydrogen-bond acceptors (Lipinski definition) is 4. The molecule has 1 heterocycles. The van der Waals surface area contributed by atoms with Gasteiger partial charge in [0.25, 0.3) is 0 Å². The summed E-state index contributed by atoms with van der Waals surface area (Å²) in [5.74, 6) is 0.427. The lowest BCUT2D eigenvalue weighted by atomic mass is 10.3. The van der Waals surface area contributed by atoms with Gasteiger partial charge in [0.2, 0.25) is 5.91 Å². The second-order valence-corrected chi connectivity index (χ2v) is 4.09. The van der Waals surface area contributed by atoms with Crippen LogP contribution in [-0.2, 0) is 16.0 Å². The molecule has 0 atom stereocenters. The number of imidazole rings is 1. The second kappa shape index (κ2) is 6.55. The van der Waals surface area contributed by atoms with E-state index in [0.717, 1.165) is 16.9 Å².